The Morgan fingerprint density at radius 2 is 1.70 bits per heavy atom. The number of alkyl carbamates (subject to hydrolysis) is 1. The monoisotopic (exact) mass is 450 g/mol. The lowest BCUT2D eigenvalue weighted by atomic mass is 9.98. The molecule has 1 saturated carbocycles. The summed E-state index contributed by atoms with van der Waals surface area (Å²) in [5.41, 5.74) is 4.52. The van der Waals surface area contributed by atoms with Crippen LogP contribution < -0.4 is 10.6 Å². The van der Waals surface area contributed by atoms with Crippen LogP contribution in [0.1, 0.15) is 56.6 Å². The number of benzene rings is 2. The molecule has 2 aromatic carbocycles. The first kappa shape index (κ1) is 22.8. The van der Waals surface area contributed by atoms with E-state index in [1.54, 1.807) is 0 Å². The Morgan fingerprint density at radius 3 is 2.24 bits per heavy atom. The summed E-state index contributed by atoms with van der Waals surface area (Å²) in [5, 5.41) is 14.6. The van der Waals surface area contributed by atoms with Gasteiger partial charge in [0.1, 0.15) is 12.6 Å². The Morgan fingerprint density at radius 1 is 1.09 bits per heavy atom. The van der Waals surface area contributed by atoms with Crippen LogP contribution in [-0.2, 0) is 14.3 Å². The van der Waals surface area contributed by atoms with Gasteiger partial charge in [-0.2, -0.15) is 0 Å². The second-order valence-corrected chi connectivity index (χ2v) is 9.23. The smallest absolute Gasteiger partial charge is 0.407 e. The van der Waals surface area contributed by atoms with Crippen LogP contribution in [0.4, 0.5) is 4.79 Å². The van der Waals surface area contributed by atoms with Crippen molar-refractivity contribution in [2.45, 2.75) is 57.5 Å². The van der Waals surface area contributed by atoms with Gasteiger partial charge in [-0.15, -0.1) is 0 Å². The molecule has 0 saturated heterocycles. The number of hydrogen-bond acceptors (Lipinski definition) is 4. The van der Waals surface area contributed by atoms with Gasteiger partial charge in [-0.1, -0.05) is 62.4 Å². The van der Waals surface area contributed by atoms with Crippen molar-refractivity contribution in [2.75, 3.05) is 6.61 Å². The van der Waals surface area contributed by atoms with Crippen molar-refractivity contribution in [2.24, 2.45) is 5.41 Å². The van der Waals surface area contributed by atoms with Crippen LogP contribution in [0.25, 0.3) is 11.1 Å². The summed E-state index contributed by atoms with van der Waals surface area (Å²) >= 11 is 0. The van der Waals surface area contributed by atoms with Crippen molar-refractivity contribution in [3.8, 4) is 11.1 Å². The topological polar surface area (TPSA) is 105 Å². The molecule has 0 aromatic heterocycles. The van der Waals surface area contributed by atoms with E-state index in [0.717, 1.165) is 35.1 Å². The van der Waals surface area contributed by atoms with Crippen molar-refractivity contribution in [3.63, 3.8) is 0 Å². The van der Waals surface area contributed by atoms with E-state index < -0.39 is 18.1 Å². The van der Waals surface area contributed by atoms with Gasteiger partial charge in [0.15, 0.2) is 0 Å². The Balaban J connectivity index is 1.39. The normalized spacial score (nSPS) is 21.5. The number of carbonyl (C=O) groups is 3. The van der Waals surface area contributed by atoms with Crippen LogP contribution in [0, 0.1) is 5.41 Å². The molecule has 2 aliphatic rings. The van der Waals surface area contributed by atoms with Gasteiger partial charge >= 0.3 is 12.1 Å². The van der Waals surface area contributed by atoms with Gasteiger partial charge in [-0.25, -0.2) is 4.79 Å². The zero-order valence-corrected chi connectivity index (χ0v) is 19.0. The molecular formula is C26H30N2O5. The van der Waals surface area contributed by atoms with E-state index in [0.29, 0.717) is 0 Å². The van der Waals surface area contributed by atoms with Crippen molar-refractivity contribution < 1.29 is 24.2 Å². The molecule has 3 unspecified atom stereocenters. The molecule has 3 atom stereocenters. The molecule has 174 valence electrons. The Bertz CT molecular complexity index is 1020. The number of carboxylic acids is 1. The highest BCUT2D eigenvalue weighted by molar-refractivity contribution is 5.86. The lowest BCUT2D eigenvalue weighted by molar-refractivity contribution is -0.137. The summed E-state index contributed by atoms with van der Waals surface area (Å²) < 4.78 is 5.53. The van der Waals surface area contributed by atoms with E-state index in [9.17, 15) is 14.4 Å². The zero-order chi connectivity index (χ0) is 23.6. The number of carbonyl (C=O) groups excluding carboxylic acids is 2. The summed E-state index contributed by atoms with van der Waals surface area (Å²) in [6.07, 6.45) is 0.873. The van der Waals surface area contributed by atoms with Gasteiger partial charge < -0.3 is 20.5 Å². The molecule has 2 amide bonds. The summed E-state index contributed by atoms with van der Waals surface area (Å²) in [4.78, 5) is 36.4. The van der Waals surface area contributed by atoms with Crippen molar-refractivity contribution in [3.05, 3.63) is 59.7 Å². The third kappa shape index (κ3) is 4.87. The number of carboxylic acid groups (broad SMARTS) is 1. The number of fused-ring (bicyclic) bond motifs is 3. The van der Waals surface area contributed by atoms with Crippen LogP contribution in [-0.4, -0.2) is 41.8 Å². The highest BCUT2D eigenvalue weighted by Crippen LogP contribution is 2.48. The fourth-order valence-corrected chi connectivity index (χ4v) is 4.61. The number of hydrogen-bond donors (Lipinski definition) is 3. The average Bonchev–Trinajstić information content (AvgIpc) is 3.34. The standard InChI is InChI=1S/C26H30N2O5/c1-3-26(2)14-22(26)28-24(31)21(12-13-23(29)30)27-25(32)33-15-20-18-10-6-4-8-16(18)17-9-5-7-11-19(17)20/h4-11,20-22H,3,12-15H2,1-2H3,(H,27,32)(H,28,31)(H,29,30). The SMILES string of the molecule is CCC1(C)CC1NC(=O)C(CCC(=O)O)NC(=O)OCC1c2ccccc2-c2ccccc21. The predicted molar refractivity (Wildman–Crippen MR) is 124 cm³/mol. The Kier molecular flexibility index (Phi) is 6.40. The number of amides is 2. The summed E-state index contributed by atoms with van der Waals surface area (Å²) in [7, 11) is 0. The van der Waals surface area contributed by atoms with Crippen LogP contribution in [0.2, 0.25) is 0 Å². The zero-order valence-electron chi connectivity index (χ0n) is 19.0. The fraction of sp³-hybridized carbons (Fsp3) is 0.423. The minimum absolute atomic E-state index is 0.000914. The van der Waals surface area contributed by atoms with Gasteiger partial charge in [0.05, 0.1) is 0 Å². The second kappa shape index (κ2) is 9.25. The van der Waals surface area contributed by atoms with Crippen molar-refractivity contribution in [1.29, 1.82) is 0 Å². The quantitative estimate of drug-likeness (QED) is 0.534. The van der Waals surface area contributed by atoms with E-state index >= 15 is 0 Å². The molecular weight excluding hydrogens is 420 g/mol. The van der Waals surface area contributed by atoms with E-state index in [1.165, 1.54) is 0 Å². The van der Waals surface area contributed by atoms with Gasteiger partial charge in [0, 0.05) is 18.4 Å². The number of rotatable bonds is 9. The first-order valence-corrected chi connectivity index (χ1v) is 11.5. The van der Waals surface area contributed by atoms with Crippen LogP contribution in [0.3, 0.4) is 0 Å². The maximum atomic E-state index is 12.8. The number of aliphatic carboxylic acids is 1. The van der Waals surface area contributed by atoms with E-state index in [4.69, 9.17) is 9.84 Å². The van der Waals surface area contributed by atoms with Gasteiger partial charge in [0.25, 0.3) is 0 Å². The lowest BCUT2D eigenvalue weighted by Crippen LogP contribution is -2.48. The van der Waals surface area contributed by atoms with Gasteiger partial charge in [-0.3, -0.25) is 9.59 Å². The van der Waals surface area contributed by atoms with Gasteiger partial charge in [0.2, 0.25) is 5.91 Å². The first-order chi connectivity index (χ1) is 15.8. The maximum Gasteiger partial charge on any atom is 0.407 e. The van der Waals surface area contributed by atoms with Crippen LogP contribution in [0.5, 0.6) is 0 Å². The number of nitrogens with one attached hydrogen (secondary N) is 2. The van der Waals surface area contributed by atoms with E-state index in [1.807, 2.05) is 36.4 Å². The molecule has 4 rings (SSSR count). The maximum absolute atomic E-state index is 12.8. The summed E-state index contributed by atoms with van der Waals surface area (Å²) in [6.45, 7) is 4.30. The predicted octanol–water partition coefficient (Wildman–Crippen LogP) is 4.06. The second-order valence-electron chi connectivity index (χ2n) is 9.23. The summed E-state index contributed by atoms with van der Waals surface area (Å²) in [5.74, 6) is -1.48. The Labute approximate surface area is 193 Å². The van der Waals surface area contributed by atoms with Crippen LogP contribution >= 0.6 is 0 Å². The van der Waals surface area contributed by atoms with E-state index in [-0.39, 0.29) is 42.7 Å². The Hall–Kier alpha value is -3.35. The van der Waals surface area contributed by atoms with E-state index in [2.05, 4.69) is 36.6 Å². The molecule has 0 aliphatic heterocycles. The average molecular weight is 451 g/mol. The van der Waals surface area contributed by atoms with Crippen molar-refractivity contribution >= 4 is 18.0 Å². The molecule has 7 heteroatoms. The minimum Gasteiger partial charge on any atom is -0.481 e. The fourth-order valence-electron chi connectivity index (χ4n) is 4.61. The summed E-state index contributed by atoms with van der Waals surface area (Å²) in [6, 6.07) is 15.2. The van der Waals surface area contributed by atoms with Gasteiger partial charge in [-0.05, 0) is 46.9 Å². The third-order valence-corrected chi connectivity index (χ3v) is 7.07. The molecule has 0 spiro atoms. The minimum atomic E-state index is -1.02. The number of ether oxygens (including phenoxy) is 1. The van der Waals surface area contributed by atoms with Crippen molar-refractivity contribution in [1.82, 2.24) is 10.6 Å². The molecule has 1 fully saturated rings. The highest BCUT2D eigenvalue weighted by Gasteiger charge is 2.49. The molecule has 0 bridgehead atoms. The molecule has 0 heterocycles. The largest absolute Gasteiger partial charge is 0.481 e. The molecule has 0 radical (unpaired) electrons. The molecule has 2 aliphatic carbocycles. The molecule has 3 N–H and O–H groups in total. The molecule has 2 aromatic rings. The molecule has 7 nitrogen and oxygen atoms in total. The first-order valence-electron chi connectivity index (χ1n) is 11.5. The third-order valence-electron chi connectivity index (χ3n) is 7.07. The molecule has 33 heavy (non-hydrogen) atoms. The lowest BCUT2D eigenvalue weighted by Gasteiger charge is -2.20. The van der Waals surface area contributed by atoms with Crippen LogP contribution in [0.15, 0.2) is 48.5 Å². The highest BCUT2D eigenvalue weighted by atomic mass is 16.5.